The zero-order valence-corrected chi connectivity index (χ0v) is 13.2. The van der Waals surface area contributed by atoms with E-state index in [1.54, 1.807) is 0 Å². The normalized spacial score (nSPS) is 19.4. The van der Waals surface area contributed by atoms with Crippen LogP contribution in [0.15, 0.2) is 33.6 Å². The summed E-state index contributed by atoms with van der Waals surface area (Å²) in [6.07, 6.45) is 8.24. The van der Waals surface area contributed by atoms with Crippen molar-refractivity contribution >= 4 is 27.7 Å². The van der Waals surface area contributed by atoms with E-state index >= 15 is 0 Å². The smallest absolute Gasteiger partial charge is 0.0176 e. The summed E-state index contributed by atoms with van der Waals surface area (Å²) < 4.78 is 1.14. The third kappa shape index (κ3) is 4.60. The molecule has 3 heteroatoms. The minimum absolute atomic E-state index is 0.358. The predicted octanol–water partition coefficient (Wildman–Crippen LogP) is 4.84. The first-order valence-corrected chi connectivity index (χ1v) is 8.67. The van der Waals surface area contributed by atoms with Crippen LogP contribution in [-0.2, 0) is 0 Å². The van der Waals surface area contributed by atoms with Crippen molar-refractivity contribution in [1.82, 2.24) is 0 Å². The molecule has 0 bridgehead atoms. The van der Waals surface area contributed by atoms with Crippen molar-refractivity contribution in [3.63, 3.8) is 0 Å². The van der Waals surface area contributed by atoms with Gasteiger partial charge in [0.05, 0.1) is 0 Å². The molecule has 1 unspecified atom stereocenters. The summed E-state index contributed by atoms with van der Waals surface area (Å²) in [7, 11) is 0. The van der Waals surface area contributed by atoms with Gasteiger partial charge in [0, 0.05) is 21.2 Å². The van der Waals surface area contributed by atoms with Crippen LogP contribution in [-0.4, -0.2) is 11.8 Å². The Balaban J connectivity index is 1.79. The van der Waals surface area contributed by atoms with Crippen LogP contribution in [0.25, 0.3) is 0 Å². The van der Waals surface area contributed by atoms with Gasteiger partial charge in [-0.25, -0.2) is 0 Å². The van der Waals surface area contributed by atoms with Crippen LogP contribution in [0.1, 0.15) is 38.5 Å². The van der Waals surface area contributed by atoms with Crippen molar-refractivity contribution in [2.75, 3.05) is 5.75 Å². The maximum Gasteiger partial charge on any atom is 0.0176 e. The largest absolute Gasteiger partial charge is 0.327 e. The number of nitrogens with two attached hydrogens (primary N) is 1. The molecule has 0 amide bonds. The van der Waals surface area contributed by atoms with Gasteiger partial charge in [-0.3, -0.25) is 0 Å². The minimum atomic E-state index is 0.358. The first-order chi connectivity index (χ1) is 8.75. The maximum absolute atomic E-state index is 6.37. The van der Waals surface area contributed by atoms with Gasteiger partial charge in [0.25, 0.3) is 0 Å². The van der Waals surface area contributed by atoms with Gasteiger partial charge in [0.2, 0.25) is 0 Å². The molecule has 1 atom stereocenters. The van der Waals surface area contributed by atoms with Crippen molar-refractivity contribution in [2.24, 2.45) is 11.7 Å². The highest BCUT2D eigenvalue weighted by atomic mass is 79.9. The Bertz CT molecular complexity index is 344. The lowest BCUT2D eigenvalue weighted by Crippen LogP contribution is -2.32. The molecule has 1 aliphatic carbocycles. The van der Waals surface area contributed by atoms with Crippen molar-refractivity contribution in [3.05, 3.63) is 28.7 Å². The monoisotopic (exact) mass is 327 g/mol. The zero-order valence-electron chi connectivity index (χ0n) is 10.8. The van der Waals surface area contributed by atoms with Gasteiger partial charge in [-0.1, -0.05) is 41.6 Å². The van der Waals surface area contributed by atoms with Crippen molar-refractivity contribution < 1.29 is 0 Å². The molecule has 0 spiro atoms. The fourth-order valence-electron chi connectivity index (χ4n) is 2.60. The summed E-state index contributed by atoms with van der Waals surface area (Å²) in [6.45, 7) is 0. The summed E-state index contributed by atoms with van der Waals surface area (Å²) >= 11 is 5.35. The maximum atomic E-state index is 6.37. The van der Waals surface area contributed by atoms with Crippen molar-refractivity contribution in [3.8, 4) is 0 Å². The second-order valence-corrected chi connectivity index (χ2v) is 7.19. The van der Waals surface area contributed by atoms with E-state index in [4.69, 9.17) is 5.73 Å². The van der Waals surface area contributed by atoms with Gasteiger partial charge in [0.15, 0.2) is 0 Å². The molecule has 1 aromatic rings. The van der Waals surface area contributed by atoms with Gasteiger partial charge in [-0.05, 0) is 43.0 Å². The van der Waals surface area contributed by atoms with Crippen molar-refractivity contribution in [2.45, 2.75) is 49.5 Å². The predicted molar refractivity (Wildman–Crippen MR) is 84.0 cm³/mol. The zero-order chi connectivity index (χ0) is 12.8. The van der Waals surface area contributed by atoms with Gasteiger partial charge in [-0.2, -0.15) is 0 Å². The molecule has 1 fully saturated rings. The molecular formula is C15H22BrNS. The summed E-state index contributed by atoms with van der Waals surface area (Å²) in [5, 5.41) is 0. The van der Waals surface area contributed by atoms with Gasteiger partial charge < -0.3 is 5.73 Å². The minimum Gasteiger partial charge on any atom is -0.327 e. The van der Waals surface area contributed by atoms with Crippen LogP contribution >= 0.6 is 27.7 Å². The molecule has 18 heavy (non-hydrogen) atoms. The topological polar surface area (TPSA) is 26.0 Å². The standard InChI is InChI=1S/C15H22BrNS/c16-13-7-9-14(10-8-13)18-11-15(17)12-5-3-1-2-4-6-12/h7-10,12,15H,1-6,11,17H2. The van der Waals surface area contributed by atoms with Crippen LogP contribution in [0.3, 0.4) is 0 Å². The Labute approximate surface area is 123 Å². The summed E-state index contributed by atoms with van der Waals surface area (Å²) in [5.74, 6) is 1.79. The van der Waals surface area contributed by atoms with Gasteiger partial charge >= 0.3 is 0 Å². The molecule has 0 saturated heterocycles. The van der Waals surface area contributed by atoms with E-state index in [1.165, 1.54) is 43.4 Å². The second kappa shape index (κ2) is 7.56. The molecule has 1 aliphatic rings. The quantitative estimate of drug-likeness (QED) is 0.632. The van der Waals surface area contributed by atoms with Gasteiger partial charge in [0.1, 0.15) is 0 Å². The lowest BCUT2D eigenvalue weighted by molar-refractivity contribution is 0.397. The molecule has 1 nitrogen and oxygen atoms in total. The summed E-state index contributed by atoms with van der Waals surface area (Å²) in [4.78, 5) is 1.32. The number of thioether (sulfide) groups is 1. The summed E-state index contributed by atoms with van der Waals surface area (Å²) in [5.41, 5.74) is 6.37. The number of rotatable bonds is 4. The highest BCUT2D eigenvalue weighted by Crippen LogP contribution is 2.28. The Hall–Kier alpha value is 0.01000. The number of hydrogen-bond donors (Lipinski definition) is 1. The SMILES string of the molecule is NC(CSc1ccc(Br)cc1)C1CCCCCC1. The molecular weight excluding hydrogens is 306 g/mol. The van der Waals surface area contributed by atoms with Gasteiger partial charge in [-0.15, -0.1) is 11.8 Å². The van der Waals surface area contributed by atoms with E-state index in [1.807, 2.05) is 11.8 Å². The lowest BCUT2D eigenvalue weighted by Gasteiger charge is -2.21. The van der Waals surface area contributed by atoms with E-state index in [9.17, 15) is 0 Å². The van der Waals surface area contributed by atoms with E-state index in [0.717, 1.165) is 16.1 Å². The van der Waals surface area contributed by atoms with Crippen LogP contribution in [0.2, 0.25) is 0 Å². The molecule has 1 aromatic carbocycles. The van der Waals surface area contributed by atoms with Crippen molar-refractivity contribution in [1.29, 1.82) is 0 Å². The fraction of sp³-hybridized carbons (Fsp3) is 0.600. The third-order valence-corrected chi connectivity index (χ3v) is 5.45. The lowest BCUT2D eigenvalue weighted by atomic mass is 9.94. The summed E-state index contributed by atoms with van der Waals surface area (Å²) in [6, 6.07) is 8.87. The third-order valence-electron chi connectivity index (χ3n) is 3.76. The molecule has 0 radical (unpaired) electrons. The second-order valence-electron chi connectivity index (χ2n) is 5.18. The molecule has 1 saturated carbocycles. The molecule has 0 aromatic heterocycles. The molecule has 0 aliphatic heterocycles. The van der Waals surface area contributed by atoms with Crippen LogP contribution in [0.4, 0.5) is 0 Å². The van der Waals surface area contributed by atoms with E-state index in [0.29, 0.717) is 6.04 Å². The molecule has 2 rings (SSSR count). The first kappa shape index (κ1) is 14.4. The first-order valence-electron chi connectivity index (χ1n) is 6.89. The highest BCUT2D eigenvalue weighted by Gasteiger charge is 2.19. The van der Waals surface area contributed by atoms with Crippen LogP contribution in [0, 0.1) is 5.92 Å². The fourth-order valence-corrected chi connectivity index (χ4v) is 3.85. The van der Waals surface area contributed by atoms with Crippen LogP contribution in [0.5, 0.6) is 0 Å². The number of hydrogen-bond acceptors (Lipinski definition) is 2. The molecule has 100 valence electrons. The van der Waals surface area contributed by atoms with E-state index in [2.05, 4.69) is 40.2 Å². The Morgan fingerprint density at radius 3 is 2.33 bits per heavy atom. The highest BCUT2D eigenvalue weighted by molar-refractivity contribution is 9.10. The average molecular weight is 328 g/mol. The molecule has 2 N–H and O–H groups in total. The Kier molecular flexibility index (Phi) is 6.06. The van der Waals surface area contributed by atoms with E-state index < -0.39 is 0 Å². The number of benzene rings is 1. The van der Waals surface area contributed by atoms with Crippen LogP contribution < -0.4 is 5.73 Å². The van der Waals surface area contributed by atoms with E-state index in [-0.39, 0.29) is 0 Å². The number of halogens is 1. The average Bonchev–Trinajstić information content (AvgIpc) is 2.66. The Morgan fingerprint density at radius 2 is 1.72 bits per heavy atom. The Morgan fingerprint density at radius 1 is 1.11 bits per heavy atom. The molecule has 0 heterocycles.